The van der Waals surface area contributed by atoms with Gasteiger partial charge in [-0.3, -0.25) is 0 Å². The molecule has 1 aromatic rings. The summed E-state index contributed by atoms with van der Waals surface area (Å²) in [6.45, 7) is 1.95. The van der Waals surface area contributed by atoms with Crippen LogP contribution in [-0.2, 0) is 9.53 Å². The van der Waals surface area contributed by atoms with E-state index < -0.39 is 6.10 Å². The Kier molecular flexibility index (Phi) is 4.03. The molecule has 1 saturated carbocycles. The largest absolute Gasteiger partial charge is 0.478 e. The van der Waals surface area contributed by atoms with Crippen molar-refractivity contribution in [3.05, 3.63) is 35.9 Å². The molecule has 2 rings (SSSR count). The lowest BCUT2D eigenvalue weighted by atomic mass is 10.1. The zero-order chi connectivity index (χ0) is 13.0. The Morgan fingerprint density at radius 2 is 2.11 bits per heavy atom. The van der Waals surface area contributed by atoms with Gasteiger partial charge in [-0.05, 0) is 25.8 Å². The molecule has 1 unspecified atom stereocenters. The van der Waals surface area contributed by atoms with Gasteiger partial charge in [0.25, 0.3) is 0 Å². The van der Waals surface area contributed by atoms with Crippen molar-refractivity contribution >= 4 is 12.0 Å². The fourth-order valence-corrected chi connectivity index (χ4v) is 1.89. The van der Waals surface area contributed by atoms with Crippen molar-refractivity contribution < 1.29 is 14.3 Å². The number of benzene rings is 1. The van der Waals surface area contributed by atoms with Crippen molar-refractivity contribution in [3.8, 4) is 5.75 Å². The van der Waals surface area contributed by atoms with Crippen LogP contribution in [0.25, 0.3) is 6.08 Å². The van der Waals surface area contributed by atoms with E-state index in [9.17, 15) is 4.79 Å². The minimum absolute atomic E-state index is 0.284. The molecule has 1 aromatic carbocycles. The van der Waals surface area contributed by atoms with E-state index >= 15 is 0 Å². The predicted octanol–water partition coefficient (Wildman–Crippen LogP) is 3.05. The highest BCUT2D eigenvalue weighted by molar-refractivity contribution is 5.76. The highest BCUT2D eigenvalue weighted by atomic mass is 16.6. The Hall–Kier alpha value is -1.77. The third-order valence-corrected chi connectivity index (χ3v) is 3.00. The van der Waals surface area contributed by atoms with E-state index in [1.807, 2.05) is 43.3 Å². The maximum absolute atomic E-state index is 11.7. The summed E-state index contributed by atoms with van der Waals surface area (Å²) < 4.78 is 10.7. The SMILES string of the molecule is CC=Cc1ccccc1OC(C(=O)OC)C1CC1. The quantitative estimate of drug-likeness (QED) is 0.749. The van der Waals surface area contributed by atoms with E-state index in [0.29, 0.717) is 5.92 Å². The molecule has 96 valence electrons. The Morgan fingerprint density at radius 3 is 2.72 bits per heavy atom. The molecule has 0 N–H and O–H groups in total. The number of hydrogen-bond acceptors (Lipinski definition) is 3. The lowest BCUT2D eigenvalue weighted by molar-refractivity contribution is -0.149. The van der Waals surface area contributed by atoms with Crippen LogP contribution in [0.5, 0.6) is 5.75 Å². The lowest BCUT2D eigenvalue weighted by Crippen LogP contribution is -2.30. The van der Waals surface area contributed by atoms with E-state index in [1.54, 1.807) is 0 Å². The first-order valence-corrected chi connectivity index (χ1v) is 6.22. The average molecular weight is 246 g/mol. The first-order chi connectivity index (χ1) is 8.76. The van der Waals surface area contributed by atoms with Gasteiger partial charge in [0.05, 0.1) is 7.11 Å². The van der Waals surface area contributed by atoms with Gasteiger partial charge in [0.15, 0.2) is 6.10 Å². The van der Waals surface area contributed by atoms with Crippen LogP contribution in [0.3, 0.4) is 0 Å². The first-order valence-electron chi connectivity index (χ1n) is 6.22. The molecule has 0 aliphatic heterocycles. The molecule has 0 bridgehead atoms. The zero-order valence-corrected chi connectivity index (χ0v) is 10.8. The van der Waals surface area contributed by atoms with Crippen LogP contribution in [0.1, 0.15) is 25.3 Å². The third kappa shape index (κ3) is 2.92. The second-order valence-electron chi connectivity index (χ2n) is 4.44. The molecule has 18 heavy (non-hydrogen) atoms. The maximum Gasteiger partial charge on any atom is 0.347 e. The molecule has 0 aromatic heterocycles. The minimum Gasteiger partial charge on any atom is -0.478 e. The van der Waals surface area contributed by atoms with E-state index in [0.717, 1.165) is 24.2 Å². The van der Waals surface area contributed by atoms with E-state index in [2.05, 4.69) is 0 Å². The summed E-state index contributed by atoms with van der Waals surface area (Å²) in [5.74, 6) is 0.752. The Balaban J connectivity index is 2.18. The average Bonchev–Trinajstić information content (AvgIpc) is 3.21. The van der Waals surface area contributed by atoms with Gasteiger partial charge in [-0.25, -0.2) is 4.79 Å². The van der Waals surface area contributed by atoms with Gasteiger partial charge in [0, 0.05) is 11.5 Å². The summed E-state index contributed by atoms with van der Waals surface area (Å²) in [7, 11) is 1.40. The number of carbonyl (C=O) groups is 1. The van der Waals surface area contributed by atoms with Crippen molar-refractivity contribution in [2.75, 3.05) is 7.11 Å². The van der Waals surface area contributed by atoms with Gasteiger partial charge in [-0.1, -0.05) is 30.4 Å². The number of methoxy groups -OCH3 is 1. The van der Waals surface area contributed by atoms with E-state index in [4.69, 9.17) is 9.47 Å². The predicted molar refractivity (Wildman–Crippen MR) is 70.3 cm³/mol. The van der Waals surface area contributed by atoms with Gasteiger partial charge < -0.3 is 9.47 Å². The molecular formula is C15H18O3. The van der Waals surface area contributed by atoms with Crippen LogP contribution >= 0.6 is 0 Å². The van der Waals surface area contributed by atoms with Gasteiger partial charge in [0.1, 0.15) is 5.75 Å². The fraction of sp³-hybridized carbons (Fsp3) is 0.400. The molecule has 3 heteroatoms. The highest BCUT2D eigenvalue weighted by Gasteiger charge is 2.39. The molecule has 0 radical (unpaired) electrons. The molecule has 1 aliphatic rings. The van der Waals surface area contributed by atoms with Gasteiger partial charge in [-0.15, -0.1) is 0 Å². The first kappa shape index (κ1) is 12.7. The highest BCUT2D eigenvalue weighted by Crippen LogP contribution is 2.36. The van der Waals surface area contributed by atoms with E-state index in [1.165, 1.54) is 7.11 Å². The summed E-state index contributed by atoms with van der Waals surface area (Å²) in [4.78, 5) is 11.7. The van der Waals surface area contributed by atoms with Crippen molar-refractivity contribution in [1.82, 2.24) is 0 Å². The standard InChI is InChI=1S/C15H18O3/c1-3-6-11-7-4-5-8-13(11)18-14(12-9-10-12)15(16)17-2/h3-8,12,14H,9-10H2,1-2H3. The van der Waals surface area contributed by atoms with Crippen molar-refractivity contribution in [1.29, 1.82) is 0 Å². The number of carbonyl (C=O) groups excluding carboxylic acids is 1. The van der Waals surface area contributed by atoms with Gasteiger partial charge in [-0.2, -0.15) is 0 Å². The second kappa shape index (κ2) is 5.71. The molecule has 0 amide bonds. The zero-order valence-electron chi connectivity index (χ0n) is 10.8. The van der Waals surface area contributed by atoms with Crippen molar-refractivity contribution in [2.24, 2.45) is 5.92 Å². The van der Waals surface area contributed by atoms with Crippen LogP contribution in [-0.4, -0.2) is 19.2 Å². The van der Waals surface area contributed by atoms with E-state index in [-0.39, 0.29) is 5.97 Å². The topological polar surface area (TPSA) is 35.5 Å². The molecule has 1 atom stereocenters. The molecule has 0 saturated heterocycles. The van der Waals surface area contributed by atoms with Crippen LogP contribution in [0, 0.1) is 5.92 Å². The molecule has 1 aliphatic carbocycles. The molecular weight excluding hydrogens is 228 g/mol. The molecule has 0 heterocycles. The Morgan fingerprint density at radius 1 is 1.39 bits per heavy atom. The normalized spacial score (nSPS) is 16.6. The summed E-state index contributed by atoms with van der Waals surface area (Å²) in [5.41, 5.74) is 0.981. The Labute approximate surface area is 107 Å². The maximum atomic E-state index is 11.7. The van der Waals surface area contributed by atoms with Gasteiger partial charge >= 0.3 is 5.97 Å². The monoisotopic (exact) mass is 246 g/mol. The third-order valence-electron chi connectivity index (χ3n) is 3.00. The Bertz CT molecular complexity index is 447. The summed E-state index contributed by atoms with van der Waals surface area (Å²) in [6.07, 6.45) is 5.52. The lowest BCUT2D eigenvalue weighted by Gasteiger charge is -2.17. The second-order valence-corrected chi connectivity index (χ2v) is 4.44. The summed E-state index contributed by atoms with van der Waals surface area (Å²) in [6, 6.07) is 7.71. The minimum atomic E-state index is -0.471. The number of allylic oxidation sites excluding steroid dienone is 1. The smallest absolute Gasteiger partial charge is 0.347 e. The van der Waals surface area contributed by atoms with Crippen LogP contribution in [0.15, 0.2) is 30.3 Å². The fourth-order valence-electron chi connectivity index (χ4n) is 1.89. The van der Waals surface area contributed by atoms with Crippen molar-refractivity contribution in [3.63, 3.8) is 0 Å². The number of rotatable bonds is 5. The number of para-hydroxylation sites is 1. The molecule has 3 nitrogen and oxygen atoms in total. The molecule has 0 spiro atoms. The number of hydrogen-bond donors (Lipinski definition) is 0. The number of ether oxygens (including phenoxy) is 2. The van der Waals surface area contributed by atoms with Gasteiger partial charge in [0.2, 0.25) is 0 Å². The van der Waals surface area contributed by atoms with Crippen molar-refractivity contribution in [2.45, 2.75) is 25.9 Å². The summed E-state index contributed by atoms with van der Waals surface area (Å²) >= 11 is 0. The van der Waals surface area contributed by atoms with Crippen LogP contribution in [0.4, 0.5) is 0 Å². The van der Waals surface area contributed by atoms with Crippen LogP contribution < -0.4 is 4.74 Å². The molecule has 1 fully saturated rings. The number of esters is 1. The summed E-state index contributed by atoms with van der Waals surface area (Å²) in [5, 5.41) is 0. The van der Waals surface area contributed by atoms with Crippen LogP contribution in [0.2, 0.25) is 0 Å².